The van der Waals surface area contributed by atoms with E-state index in [1.807, 2.05) is 24.6 Å². The van der Waals surface area contributed by atoms with Crippen molar-refractivity contribution in [2.24, 2.45) is 7.05 Å². The van der Waals surface area contributed by atoms with Crippen LogP contribution >= 0.6 is 0 Å². The van der Waals surface area contributed by atoms with Crippen LogP contribution in [-0.2, 0) is 23.0 Å². The van der Waals surface area contributed by atoms with Crippen molar-refractivity contribution in [3.05, 3.63) is 36.3 Å². The van der Waals surface area contributed by atoms with E-state index in [0.717, 1.165) is 30.2 Å². The van der Waals surface area contributed by atoms with Gasteiger partial charge in [-0.2, -0.15) is 0 Å². The molecule has 0 aromatic carbocycles. The van der Waals surface area contributed by atoms with Gasteiger partial charge < -0.3 is 19.5 Å². The Bertz CT molecular complexity index is 747. The third kappa shape index (κ3) is 4.37. The Balaban J connectivity index is 1.56. The van der Waals surface area contributed by atoms with Crippen LogP contribution in [0.3, 0.4) is 0 Å². The lowest BCUT2D eigenvalue weighted by molar-refractivity contribution is -0.121. The first-order valence-corrected chi connectivity index (χ1v) is 8.86. The van der Waals surface area contributed by atoms with Gasteiger partial charge in [0.05, 0.1) is 18.5 Å². The number of ether oxygens (including phenoxy) is 1. The van der Waals surface area contributed by atoms with E-state index in [0.29, 0.717) is 19.4 Å². The van der Waals surface area contributed by atoms with E-state index in [2.05, 4.69) is 25.2 Å². The van der Waals surface area contributed by atoms with E-state index >= 15 is 0 Å². The SMILES string of the molecule is CO[C@H]1C[C@@H](CNC(=O)CCc2cncn2C)N(c2cc(C)ncn2)C1. The molecule has 3 heterocycles. The standard InChI is InChI=1S/C18H26N6O2/c1-13-6-17(22-11-21-13)24-10-16(26-3)7-15(24)9-20-18(25)5-4-14-8-19-12-23(14)2/h6,8,11-12,15-16H,4-5,7,9-10H2,1-3H3,(H,20,25)/t15-,16-/m0/s1. The molecule has 3 rings (SSSR count). The predicted octanol–water partition coefficient (Wildman–Crippen LogP) is 0.861. The van der Waals surface area contributed by atoms with Crippen molar-refractivity contribution in [3.8, 4) is 0 Å². The van der Waals surface area contributed by atoms with Crippen LogP contribution in [0.25, 0.3) is 0 Å². The molecule has 1 fully saturated rings. The van der Waals surface area contributed by atoms with Crippen molar-refractivity contribution >= 4 is 11.7 Å². The second kappa shape index (κ2) is 8.27. The van der Waals surface area contributed by atoms with Gasteiger partial charge in [0.15, 0.2) is 0 Å². The Hall–Kier alpha value is -2.48. The van der Waals surface area contributed by atoms with E-state index in [1.54, 1.807) is 26.0 Å². The molecule has 2 atom stereocenters. The highest BCUT2D eigenvalue weighted by Crippen LogP contribution is 2.25. The van der Waals surface area contributed by atoms with Crippen molar-refractivity contribution in [2.45, 2.75) is 38.3 Å². The second-order valence-electron chi connectivity index (χ2n) is 6.72. The lowest BCUT2D eigenvalue weighted by Crippen LogP contribution is -2.40. The third-order valence-electron chi connectivity index (χ3n) is 4.85. The number of carbonyl (C=O) groups excluding carboxylic acids is 1. The highest BCUT2D eigenvalue weighted by atomic mass is 16.5. The van der Waals surface area contributed by atoms with Crippen LogP contribution in [-0.4, -0.2) is 57.8 Å². The monoisotopic (exact) mass is 358 g/mol. The van der Waals surface area contributed by atoms with Gasteiger partial charge in [0.1, 0.15) is 12.1 Å². The Labute approximate surface area is 153 Å². The molecule has 0 unspecified atom stereocenters. The first kappa shape index (κ1) is 18.3. The molecule has 1 saturated heterocycles. The maximum atomic E-state index is 12.2. The van der Waals surface area contributed by atoms with Gasteiger partial charge in [0.2, 0.25) is 5.91 Å². The summed E-state index contributed by atoms with van der Waals surface area (Å²) < 4.78 is 7.47. The number of carbonyl (C=O) groups is 1. The maximum Gasteiger partial charge on any atom is 0.220 e. The van der Waals surface area contributed by atoms with Crippen LogP contribution < -0.4 is 10.2 Å². The molecule has 1 aliphatic heterocycles. The Kier molecular flexibility index (Phi) is 5.82. The van der Waals surface area contributed by atoms with Crippen molar-refractivity contribution in [1.82, 2.24) is 24.8 Å². The lowest BCUT2D eigenvalue weighted by Gasteiger charge is -2.25. The number of methoxy groups -OCH3 is 1. The molecule has 1 aliphatic rings. The highest BCUT2D eigenvalue weighted by Gasteiger charge is 2.33. The van der Waals surface area contributed by atoms with E-state index in [4.69, 9.17) is 4.74 Å². The molecule has 1 N–H and O–H groups in total. The molecular formula is C18H26N6O2. The highest BCUT2D eigenvalue weighted by molar-refractivity contribution is 5.76. The molecule has 2 aromatic heterocycles. The average Bonchev–Trinajstić information content (AvgIpc) is 3.24. The number of imidazole rings is 1. The summed E-state index contributed by atoms with van der Waals surface area (Å²) in [4.78, 5) is 27.1. The van der Waals surface area contributed by atoms with Crippen LogP contribution in [0, 0.1) is 6.92 Å². The third-order valence-corrected chi connectivity index (χ3v) is 4.85. The van der Waals surface area contributed by atoms with Gasteiger partial charge in [-0.05, 0) is 19.8 Å². The fourth-order valence-corrected chi connectivity index (χ4v) is 3.30. The Morgan fingerprint density at radius 1 is 1.42 bits per heavy atom. The number of hydrogen-bond acceptors (Lipinski definition) is 6. The van der Waals surface area contributed by atoms with Crippen molar-refractivity contribution < 1.29 is 9.53 Å². The number of anilines is 1. The zero-order chi connectivity index (χ0) is 18.5. The van der Waals surface area contributed by atoms with E-state index in [-0.39, 0.29) is 18.1 Å². The van der Waals surface area contributed by atoms with Gasteiger partial charge in [-0.1, -0.05) is 0 Å². The summed E-state index contributed by atoms with van der Waals surface area (Å²) in [7, 11) is 3.66. The molecule has 140 valence electrons. The molecule has 0 aliphatic carbocycles. The van der Waals surface area contributed by atoms with Crippen molar-refractivity contribution in [3.63, 3.8) is 0 Å². The van der Waals surface area contributed by atoms with E-state index < -0.39 is 0 Å². The molecule has 0 saturated carbocycles. The fraction of sp³-hybridized carbons (Fsp3) is 0.556. The van der Waals surface area contributed by atoms with Gasteiger partial charge in [0.25, 0.3) is 0 Å². The number of nitrogens with zero attached hydrogens (tertiary/aromatic N) is 5. The number of rotatable bonds is 7. The molecule has 8 heteroatoms. The van der Waals surface area contributed by atoms with Gasteiger partial charge in [0, 0.05) is 57.3 Å². The zero-order valence-corrected chi connectivity index (χ0v) is 15.6. The molecule has 0 radical (unpaired) electrons. The summed E-state index contributed by atoms with van der Waals surface area (Å²) in [5.74, 6) is 0.928. The van der Waals surface area contributed by atoms with Gasteiger partial charge in [-0.3, -0.25) is 4.79 Å². The summed E-state index contributed by atoms with van der Waals surface area (Å²) in [5.41, 5.74) is 1.98. The lowest BCUT2D eigenvalue weighted by atomic mass is 10.2. The number of aromatic nitrogens is 4. The van der Waals surface area contributed by atoms with Crippen molar-refractivity contribution in [2.75, 3.05) is 25.1 Å². The number of nitrogens with one attached hydrogen (secondary N) is 1. The first-order chi connectivity index (χ1) is 12.6. The fourth-order valence-electron chi connectivity index (χ4n) is 3.30. The van der Waals surface area contributed by atoms with Crippen LogP contribution in [0.1, 0.15) is 24.2 Å². The van der Waals surface area contributed by atoms with Gasteiger partial charge in [-0.25, -0.2) is 15.0 Å². The molecule has 0 spiro atoms. The predicted molar refractivity (Wildman–Crippen MR) is 97.9 cm³/mol. The Morgan fingerprint density at radius 3 is 2.96 bits per heavy atom. The molecule has 1 amide bonds. The first-order valence-electron chi connectivity index (χ1n) is 8.86. The molecule has 0 bridgehead atoms. The topological polar surface area (TPSA) is 85.2 Å². The van der Waals surface area contributed by atoms with Crippen LogP contribution in [0.2, 0.25) is 0 Å². The van der Waals surface area contributed by atoms with Crippen LogP contribution in [0.5, 0.6) is 0 Å². The summed E-state index contributed by atoms with van der Waals surface area (Å²) in [5, 5.41) is 3.06. The quantitative estimate of drug-likeness (QED) is 0.790. The molecule has 26 heavy (non-hydrogen) atoms. The molecule has 2 aromatic rings. The number of aryl methyl sites for hydroxylation is 3. The van der Waals surface area contributed by atoms with Gasteiger partial charge >= 0.3 is 0 Å². The van der Waals surface area contributed by atoms with E-state index in [9.17, 15) is 4.79 Å². The Morgan fingerprint density at radius 2 is 2.27 bits per heavy atom. The molecule has 8 nitrogen and oxygen atoms in total. The summed E-state index contributed by atoms with van der Waals surface area (Å²) >= 11 is 0. The summed E-state index contributed by atoms with van der Waals surface area (Å²) in [6.45, 7) is 3.29. The minimum atomic E-state index is 0.0471. The van der Waals surface area contributed by atoms with Crippen LogP contribution in [0.15, 0.2) is 24.9 Å². The summed E-state index contributed by atoms with van der Waals surface area (Å²) in [6.07, 6.45) is 7.26. The van der Waals surface area contributed by atoms with Crippen molar-refractivity contribution in [1.29, 1.82) is 0 Å². The summed E-state index contributed by atoms with van der Waals surface area (Å²) in [6, 6.07) is 2.13. The smallest absolute Gasteiger partial charge is 0.220 e. The van der Waals surface area contributed by atoms with Gasteiger partial charge in [-0.15, -0.1) is 0 Å². The van der Waals surface area contributed by atoms with Crippen LogP contribution in [0.4, 0.5) is 5.82 Å². The molecular weight excluding hydrogens is 332 g/mol. The zero-order valence-electron chi connectivity index (χ0n) is 15.6. The second-order valence-corrected chi connectivity index (χ2v) is 6.72. The normalized spacial score (nSPS) is 19.7. The number of hydrogen-bond donors (Lipinski definition) is 1. The number of amides is 1. The average molecular weight is 358 g/mol. The maximum absolute atomic E-state index is 12.2. The van der Waals surface area contributed by atoms with E-state index in [1.165, 1.54) is 0 Å². The largest absolute Gasteiger partial charge is 0.380 e. The minimum absolute atomic E-state index is 0.0471. The minimum Gasteiger partial charge on any atom is -0.380 e.